The third-order valence-electron chi connectivity index (χ3n) is 3.07. The maximum Gasteiger partial charge on any atom is 0.255 e. The van der Waals surface area contributed by atoms with Crippen molar-refractivity contribution in [3.63, 3.8) is 0 Å². The monoisotopic (exact) mass is 399 g/mol. The van der Waals surface area contributed by atoms with Crippen LogP contribution in [-0.4, -0.2) is 35.1 Å². The maximum atomic E-state index is 12.4. The first-order chi connectivity index (χ1) is 8.54. The van der Waals surface area contributed by atoms with Gasteiger partial charge in [0.2, 0.25) is 0 Å². The molecule has 0 bridgehead atoms. The summed E-state index contributed by atoms with van der Waals surface area (Å²) in [5.41, 5.74) is 0.508. The Hall–Kier alpha value is -0.0400. The highest BCUT2D eigenvalue weighted by Gasteiger charge is 2.30. The molecule has 1 saturated heterocycles. The van der Waals surface area contributed by atoms with Gasteiger partial charge in [-0.15, -0.1) is 0 Å². The highest BCUT2D eigenvalue weighted by atomic mass is 127. The van der Waals surface area contributed by atoms with Crippen LogP contribution in [-0.2, 0) is 0 Å². The zero-order chi connectivity index (χ0) is 13.3. The van der Waals surface area contributed by atoms with Crippen LogP contribution in [0.2, 0.25) is 10.0 Å². The fourth-order valence-electron chi connectivity index (χ4n) is 2.16. The van der Waals surface area contributed by atoms with Gasteiger partial charge in [-0.25, -0.2) is 0 Å². The zero-order valence-corrected chi connectivity index (χ0v) is 13.2. The zero-order valence-electron chi connectivity index (χ0n) is 9.50. The highest BCUT2D eigenvalue weighted by molar-refractivity contribution is 14.1. The number of rotatable bonds is 2. The largest absolute Gasteiger partial charge is 0.394 e. The molecule has 1 unspecified atom stereocenters. The SMILES string of the molecule is O=C(c1cc(Cl)cc(Cl)c1I)N1CCCC1CO. The van der Waals surface area contributed by atoms with E-state index < -0.39 is 0 Å². The van der Waals surface area contributed by atoms with Gasteiger partial charge >= 0.3 is 0 Å². The van der Waals surface area contributed by atoms with E-state index in [2.05, 4.69) is 0 Å². The minimum absolute atomic E-state index is 0.00336. The van der Waals surface area contributed by atoms with Crippen LogP contribution in [0.3, 0.4) is 0 Å². The van der Waals surface area contributed by atoms with Crippen molar-refractivity contribution in [2.75, 3.05) is 13.2 Å². The van der Waals surface area contributed by atoms with Crippen molar-refractivity contribution in [3.05, 3.63) is 31.3 Å². The van der Waals surface area contributed by atoms with Crippen LogP contribution in [0.5, 0.6) is 0 Å². The van der Waals surface area contributed by atoms with Crippen LogP contribution in [0.4, 0.5) is 0 Å². The van der Waals surface area contributed by atoms with Gasteiger partial charge in [0.1, 0.15) is 0 Å². The van der Waals surface area contributed by atoms with E-state index in [4.69, 9.17) is 23.2 Å². The molecule has 1 fully saturated rings. The molecule has 0 aromatic heterocycles. The quantitative estimate of drug-likeness (QED) is 0.612. The van der Waals surface area contributed by atoms with Crippen molar-refractivity contribution in [3.8, 4) is 0 Å². The third-order valence-corrected chi connectivity index (χ3v) is 5.07. The minimum atomic E-state index is -0.111. The molecule has 1 amide bonds. The predicted octanol–water partition coefficient (Wildman–Crippen LogP) is 3.19. The molecule has 98 valence electrons. The maximum absolute atomic E-state index is 12.4. The van der Waals surface area contributed by atoms with E-state index in [1.165, 1.54) is 0 Å². The lowest BCUT2D eigenvalue weighted by atomic mass is 10.1. The second kappa shape index (κ2) is 5.94. The molecule has 0 aliphatic carbocycles. The Labute approximate surface area is 129 Å². The predicted molar refractivity (Wildman–Crippen MR) is 80.3 cm³/mol. The smallest absolute Gasteiger partial charge is 0.255 e. The molecule has 1 atom stereocenters. The first-order valence-corrected chi connectivity index (χ1v) is 7.44. The molecule has 1 aromatic carbocycles. The molecule has 1 aliphatic rings. The second-order valence-corrected chi connectivity index (χ2v) is 6.15. The molecular formula is C12H12Cl2INO2. The molecule has 1 aliphatic heterocycles. The average Bonchev–Trinajstić information content (AvgIpc) is 2.81. The van der Waals surface area contributed by atoms with Crippen LogP contribution in [0, 0.1) is 3.57 Å². The Balaban J connectivity index is 2.34. The van der Waals surface area contributed by atoms with Crippen molar-refractivity contribution in [2.24, 2.45) is 0 Å². The second-order valence-electron chi connectivity index (χ2n) is 4.23. The van der Waals surface area contributed by atoms with Crippen LogP contribution in [0.15, 0.2) is 12.1 Å². The molecule has 2 rings (SSSR count). The van der Waals surface area contributed by atoms with Gasteiger partial charge in [0.25, 0.3) is 5.91 Å². The average molecular weight is 400 g/mol. The van der Waals surface area contributed by atoms with Crippen molar-refractivity contribution in [2.45, 2.75) is 18.9 Å². The Morgan fingerprint density at radius 3 is 2.89 bits per heavy atom. The third kappa shape index (κ3) is 2.76. The molecule has 0 radical (unpaired) electrons. The molecule has 6 heteroatoms. The summed E-state index contributed by atoms with van der Waals surface area (Å²) in [6.07, 6.45) is 1.76. The number of nitrogens with zero attached hydrogens (tertiary/aromatic N) is 1. The number of hydrogen-bond donors (Lipinski definition) is 1. The van der Waals surface area contributed by atoms with E-state index in [0.717, 1.165) is 12.8 Å². The Kier molecular flexibility index (Phi) is 4.75. The van der Waals surface area contributed by atoms with E-state index in [0.29, 0.717) is 25.7 Å². The fourth-order valence-corrected chi connectivity index (χ4v) is 3.19. The molecular weight excluding hydrogens is 388 g/mol. The summed E-state index contributed by atoms with van der Waals surface area (Å²) in [7, 11) is 0. The lowest BCUT2D eigenvalue weighted by Crippen LogP contribution is -2.38. The number of carbonyl (C=O) groups excluding carboxylic acids is 1. The number of amides is 1. The summed E-state index contributed by atoms with van der Waals surface area (Å²) in [4.78, 5) is 14.1. The van der Waals surface area contributed by atoms with Gasteiger partial charge in [-0.2, -0.15) is 0 Å². The Morgan fingerprint density at radius 2 is 2.22 bits per heavy atom. The normalized spacial score (nSPS) is 19.3. The van der Waals surface area contributed by atoms with Gasteiger partial charge in [-0.3, -0.25) is 4.79 Å². The van der Waals surface area contributed by atoms with Crippen LogP contribution < -0.4 is 0 Å². The van der Waals surface area contributed by atoms with Gasteiger partial charge in [0, 0.05) is 15.1 Å². The molecule has 1 N–H and O–H groups in total. The topological polar surface area (TPSA) is 40.5 Å². The van der Waals surface area contributed by atoms with Crippen molar-refractivity contribution in [1.82, 2.24) is 4.90 Å². The van der Waals surface area contributed by atoms with Gasteiger partial charge in [-0.1, -0.05) is 23.2 Å². The van der Waals surface area contributed by atoms with Crippen LogP contribution in [0.25, 0.3) is 0 Å². The number of likely N-dealkylation sites (tertiary alicyclic amines) is 1. The van der Waals surface area contributed by atoms with Gasteiger partial charge in [0.05, 0.1) is 23.2 Å². The summed E-state index contributed by atoms with van der Waals surface area (Å²) in [6, 6.07) is 3.16. The summed E-state index contributed by atoms with van der Waals surface area (Å²) in [5, 5.41) is 10.2. The summed E-state index contributed by atoms with van der Waals surface area (Å²) < 4.78 is 0.701. The van der Waals surface area contributed by atoms with Gasteiger partial charge in [-0.05, 0) is 47.6 Å². The number of carbonyl (C=O) groups is 1. The summed E-state index contributed by atoms with van der Waals surface area (Å²) in [5.74, 6) is -0.111. The number of benzene rings is 1. The van der Waals surface area contributed by atoms with Crippen LogP contribution in [0.1, 0.15) is 23.2 Å². The molecule has 3 nitrogen and oxygen atoms in total. The van der Waals surface area contributed by atoms with Gasteiger partial charge < -0.3 is 10.0 Å². The standard InChI is InChI=1S/C12H12Cl2INO2/c13-7-4-9(11(15)10(14)5-7)12(18)16-3-1-2-8(16)6-17/h4-5,8,17H,1-3,6H2. The van der Waals surface area contributed by atoms with E-state index in [1.807, 2.05) is 22.6 Å². The lowest BCUT2D eigenvalue weighted by Gasteiger charge is -2.23. The molecule has 1 aromatic rings. The fraction of sp³-hybridized carbons (Fsp3) is 0.417. The number of aliphatic hydroxyl groups is 1. The molecule has 18 heavy (non-hydrogen) atoms. The summed E-state index contributed by atoms with van der Waals surface area (Å²) >= 11 is 14.0. The van der Waals surface area contributed by atoms with E-state index in [-0.39, 0.29) is 18.6 Å². The summed E-state index contributed by atoms with van der Waals surface area (Å²) in [6.45, 7) is 0.668. The van der Waals surface area contributed by atoms with Crippen molar-refractivity contribution < 1.29 is 9.90 Å². The van der Waals surface area contributed by atoms with E-state index >= 15 is 0 Å². The van der Waals surface area contributed by atoms with E-state index in [9.17, 15) is 9.90 Å². The van der Waals surface area contributed by atoms with Crippen molar-refractivity contribution >= 4 is 51.7 Å². The first kappa shape index (κ1) is 14.4. The number of hydrogen-bond acceptors (Lipinski definition) is 2. The molecule has 1 heterocycles. The first-order valence-electron chi connectivity index (χ1n) is 5.61. The van der Waals surface area contributed by atoms with Crippen molar-refractivity contribution in [1.29, 1.82) is 0 Å². The Bertz CT molecular complexity index is 481. The van der Waals surface area contributed by atoms with Gasteiger partial charge in [0.15, 0.2) is 0 Å². The van der Waals surface area contributed by atoms with Crippen LogP contribution >= 0.6 is 45.8 Å². The number of halogens is 3. The number of aliphatic hydroxyl groups excluding tert-OH is 1. The lowest BCUT2D eigenvalue weighted by molar-refractivity contribution is 0.0676. The Morgan fingerprint density at radius 1 is 1.50 bits per heavy atom. The van der Waals surface area contributed by atoms with E-state index in [1.54, 1.807) is 17.0 Å². The molecule has 0 saturated carbocycles. The highest BCUT2D eigenvalue weighted by Crippen LogP contribution is 2.29. The molecule has 0 spiro atoms. The minimum Gasteiger partial charge on any atom is -0.394 e.